The number of H-pyrrole nitrogens is 1. The van der Waals surface area contributed by atoms with E-state index in [1.54, 1.807) is 15.5 Å². The van der Waals surface area contributed by atoms with Crippen LogP contribution in [0.3, 0.4) is 0 Å². The molecule has 9 heteroatoms. The Labute approximate surface area is 148 Å². The first kappa shape index (κ1) is 16.0. The number of carbonyl (C=O) groups is 1. The van der Waals surface area contributed by atoms with Gasteiger partial charge in [0, 0.05) is 24.0 Å². The van der Waals surface area contributed by atoms with Gasteiger partial charge in [-0.1, -0.05) is 11.6 Å². The smallest absolute Gasteiger partial charge is 0.273 e. The number of imidazole rings is 1. The number of amides is 1. The van der Waals surface area contributed by atoms with Gasteiger partial charge in [0.1, 0.15) is 5.69 Å². The number of hydrogen-bond donors (Lipinski definition) is 1. The molecular formula is C16H17ClN6O2. The standard InChI is InChI=1S/C16H17ClN6O2/c1-9-14(10(2)21-20-9)13-8-25-4-3-22(13)15(24)12-6-19-16-18-5-11(17)7-23(12)16/h5-7,13H,3-4,8H2,1-2H3,(H,20,21). The molecule has 0 bridgehead atoms. The van der Waals surface area contributed by atoms with Gasteiger partial charge in [-0.25, -0.2) is 9.97 Å². The number of halogens is 1. The van der Waals surface area contributed by atoms with Gasteiger partial charge in [0.25, 0.3) is 5.91 Å². The summed E-state index contributed by atoms with van der Waals surface area (Å²) in [5.74, 6) is 0.304. The molecule has 1 N–H and O–H groups in total. The first-order valence-electron chi connectivity index (χ1n) is 7.95. The zero-order valence-corrected chi connectivity index (χ0v) is 14.6. The molecule has 1 aliphatic heterocycles. The summed E-state index contributed by atoms with van der Waals surface area (Å²) in [4.78, 5) is 23.4. The number of fused-ring (bicyclic) bond motifs is 1. The molecule has 3 aromatic heterocycles. The van der Waals surface area contributed by atoms with E-state index in [9.17, 15) is 4.79 Å². The molecule has 1 fully saturated rings. The van der Waals surface area contributed by atoms with Crippen LogP contribution in [0.25, 0.3) is 5.78 Å². The molecule has 0 saturated carbocycles. The van der Waals surface area contributed by atoms with Crippen LogP contribution in [-0.4, -0.2) is 55.1 Å². The molecule has 1 atom stereocenters. The lowest BCUT2D eigenvalue weighted by molar-refractivity contribution is -0.00338. The molecule has 1 amide bonds. The van der Waals surface area contributed by atoms with Gasteiger partial charge in [-0.05, 0) is 13.8 Å². The Morgan fingerprint density at radius 2 is 2.16 bits per heavy atom. The second-order valence-corrected chi connectivity index (χ2v) is 6.46. The van der Waals surface area contributed by atoms with Crippen molar-refractivity contribution in [3.63, 3.8) is 0 Å². The van der Waals surface area contributed by atoms with Gasteiger partial charge in [-0.15, -0.1) is 0 Å². The van der Waals surface area contributed by atoms with Crippen LogP contribution in [0.15, 0.2) is 18.6 Å². The third-order valence-electron chi connectivity index (χ3n) is 4.46. The number of nitrogens with zero attached hydrogens (tertiary/aromatic N) is 5. The molecule has 25 heavy (non-hydrogen) atoms. The van der Waals surface area contributed by atoms with E-state index in [2.05, 4.69) is 20.2 Å². The van der Waals surface area contributed by atoms with E-state index < -0.39 is 0 Å². The highest BCUT2D eigenvalue weighted by molar-refractivity contribution is 6.30. The molecule has 0 spiro atoms. The molecule has 130 valence electrons. The van der Waals surface area contributed by atoms with E-state index in [1.807, 2.05) is 13.8 Å². The van der Waals surface area contributed by atoms with Crippen molar-refractivity contribution in [2.45, 2.75) is 19.9 Å². The Kier molecular flexibility index (Phi) is 3.93. The predicted molar refractivity (Wildman–Crippen MR) is 90.7 cm³/mol. The van der Waals surface area contributed by atoms with Crippen LogP contribution < -0.4 is 0 Å². The number of carbonyl (C=O) groups excluding carboxylic acids is 1. The first-order chi connectivity index (χ1) is 12.1. The van der Waals surface area contributed by atoms with Crippen molar-refractivity contribution in [1.82, 2.24) is 29.5 Å². The van der Waals surface area contributed by atoms with Crippen molar-refractivity contribution >= 4 is 23.3 Å². The zero-order valence-electron chi connectivity index (χ0n) is 13.9. The average Bonchev–Trinajstić information content (AvgIpc) is 3.17. The molecule has 0 radical (unpaired) electrons. The Hall–Kier alpha value is -2.45. The minimum absolute atomic E-state index is 0.134. The average molecular weight is 361 g/mol. The molecule has 0 aliphatic carbocycles. The Balaban J connectivity index is 1.75. The highest BCUT2D eigenvalue weighted by Gasteiger charge is 2.33. The summed E-state index contributed by atoms with van der Waals surface area (Å²) >= 11 is 6.02. The fraction of sp³-hybridized carbons (Fsp3) is 0.375. The van der Waals surface area contributed by atoms with Crippen LogP contribution in [0.4, 0.5) is 0 Å². The van der Waals surface area contributed by atoms with E-state index in [1.165, 1.54) is 12.4 Å². The third-order valence-corrected chi connectivity index (χ3v) is 4.66. The number of aromatic amines is 1. The lowest BCUT2D eigenvalue weighted by Crippen LogP contribution is -2.44. The predicted octanol–water partition coefficient (Wildman–Crippen LogP) is 1.94. The van der Waals surface area contributed by atoms with E-state index in [0.717, 1.165) is 17.0 Å². The Bertz CT molecular complexity index is 930. The van der Waals surface area contributed by atoms with Crippen molar-refractivity contribution in [1.29, 1.82) is 0 Å². The summed E-state index contributed by atoms with van der Waals surface area (Å²) in [6.45, 7) is 5.30. The van der Waals surface area contributed by atoms with Gasteiger partial charge in [0.15, 0.2) is 0 Å². The molecule has 4 rings (SSSR count). The van der Waals surface area contributed by atoms with Gasteiger partial charge in [0.2, 0.25) is 5.78 Å². The Morgan fingerprint density at radius 1 is 1.36 bits per heavy atom. The highest BCUT2D eigenvalue weighted by Crippen LogP contribution is 2.29. The molecule has 4 heterocycles. The van der Waals surface area contributed by atoms with Crippen LogP contribution in [0.5, 0.6) is 0 Å². The van der Waals surface area contributed by atoms with Crippen LogP contribution in [0.1, 0.15) is 33.5 Å². The number of ether oxygens (including phenoxy) is 1. The summed E-state index contributed by atoms with van der Waals surface area (Å²) in [7, 11) is 0. The maximum Gasteiger partial charge on any atom is 0.273 e. The van der Waals surface area contributed by atoms with Crippen molar-refractivity contribution in [2.24, 2.45) is 0 Å². The zero-order chi connectivity index (χ0) is 17.6. The lowest BCUT2D eigenvalue weighted by Gasteiger charge is -2.35. The minimum Gasteiger partial charge on any atom is -0.377 e. The maximum absolute atomic E-state index is 13.2. The summed E-state index contributed by atoms with van der Waals surface area (Å²) < 4.78 is 7.25. The van der Waals surface area contributed by atoms with E-state index in [-0.39, 0.29) is 11.9 Å². The Morgan fingerprint density at radius 3 is 2.92 bits per heavy atom. The molecule has 8 nitrogen and oxygen atoms in total. The third kappa shape index (κ3) is 2.67. The van der Waals surface area contributed by atoms with Crippen molar-refractivity contribution in [3.05, 3.63) is 46.3 Å². The normalized spacial score (nSPS) is 18.0. The number of rotatable bonds is 2. The molecule has 3 aromatic rings. The number of morpholine rings is 1. The number of aryl methyl sites for hydroxylation is 2. The first-order valence-corrected chi connectivity index (χ1v) is 8.33. The lowest BCUT2D eigenvalue weighted by atomic mass is 10.0. The maximum atomic E-state index is 13.2. The second kappa shape index (κ2) is 6.12. The molecular weight excluding hydrogens is 344 g/mol. The molecule has 1 aliphatic rings. The van der Waals surface area contributed by atoms with Crippen LogP contribution in [-0.2, 0) is 4.74 Å². The van der Waals surface area contributed by atoms with E-state index in [0.29, 0.717) is 36.3 Å². The number of hydrogen-bond acceptors (Lipinski definition) is 5. The van der Waals surface area contributed by atoms with Crippen molar-refractivity contribution in [2.75, 3.05) is 19.8 Å². The highest BCUT2D eigenvalue weighted by atomic mass is 35.5. The SMILES string of the molecule is Cc1n[nH]c(C)c1C1COCCN1C(=O)c1cnc2ncc(Cl)cn12. The molecule has 1 unspecified atom stereocenters. The largest absolute Gasteiger partial charge is 0.377 e. The topological polar surface area (TPSA) is 88.4 Å². The van der Waals surface area contributed by atoms with E-state index >= 15 is 0 Å². The summed E-state index contributed by atoms with van der Waals surface area (Å²) in [5.41, 5.74) is 3.23. The van der Waals surface area contributed by atoms with Gasteiger partial charge in [-0.2, -0.15) is 5.10 Å². The van der Waals surface area contributed by atoms with Crippen LogP contribution in [0, 0.1) is 13.8 Å². The monoisotopic (exact) mass is 360 g/mol. The van der Waals surface area contributed by atoms with Gasteiger partial charge < -0.3 is 9.64 Å². The van der Waals surface area contributed by atoms with Crippen LogP contribution >= 0.6 is 11.6 Å². The van der Waals surface area contributed by atoms with Gasteiger partial charge in [0.05, 0.1) is 42.4 Å². The molecule has 1 saturated heterocycles. The second-order valence-electron chi connectivity index (χ2n) is 6.02. The summed E-state index contributed by atoms with van der Waals surface area (Å²) in [6.07, 6.45) is 4.68. The van der Waals surface area contributed by atoms with E-state index in [4.69, 9.17) is 16.3 Å². The van der Waals surface area contributed by atoms with Gasteiger partial charge in [-0.3, -0.25) is 14.3 Å². The van der Waals surface area contributed by atoms with Crippen LogP contribution in [0.2, 0.25) is 5.02 Å². The summed E-state index contributed by atoms with van der Waals surface area (Å²) in [5, 5.41) is 7.67. The minimum atomic E-state index is -0.197. The quantitative estimate of drug-likeness (QED) is 0.754. The molecule has 0 aromatic carbocycles. The van der Waals surface area contributed by atoms with Gasteiger partial charge >= 0.3 is 0 Å². The van der Waals surface area contributed by atoms with Crippen molar-refractivity contribution in [3.8, 4) is 0 Å². The summed E-state index contributed by atoms with van der Waals surface area (Å²) in [6, 6.07) is -0.197. The number of nitrogens with one attached hydrogen (secondary N) is 1. The number of aromatic nitrogens is 5. The fourth-order valence-electron chi connectivity index (χ4n) is 3.29. The van der Waals surface area contributed by atoms with Crippen molar-refractivity contribution < 1.29 is 9.53 Å². The fourth-order valence-corrected chi connectivity index (χ4v) is 3.44.